The third kappa shape index (κ3) is 18.9. The smallest absolute Gasteiger partial charge is 0.417 e. The Morgan fingerprint density at radius 3 is 1.96 bits per heavy atom. The number of anilines is 1. The van der Waals surface area contributed by atoms with Gasteiger partial charge in [0.25, 0.3) is 0 Å². The van der Waals surface area contributed by atoms with Gasteiger partial charge < -0.3 is 133 Å². The molecular weight excluding hydrogens is 1620 g/mol. The summed E-state index contributed by atoms with van der Waals surface area (Å²) in [7, 11) is 1.50. The molecule has 2 saturated heterocycles. The van der Waals surface area contributed by atoms with E-state index in [0.717, 1.165) is 74.6 Å². The number of fused-ring (bicyclic) bond motifs is 15. The second-order valence-electron chi connectivity index (χ2n) is 33.6. The summed E-state index contributed by atoms with van der Waals surface area (Å²) in [4.78, 5) is 137. The predicted octanol–water partition coefficient (Wildman–Crippen LogP) is 3.92. The Bertz CT molecular complexity index is 5030. The third-order valence-corrected chi connectivity index (χ3v) is 24.5. The van der Waals surface area contributed by atoms with E-state index in [1.165, 1.54) is 76.3 Å². The SMILES string of the molecule is CCOc1ccc(NC(=O)Oc2cc(O)c3c(c2)[C@@H](C(=O)NC2C4CC5CC(C4)CC2C5)NC(=O)[C@H]2NC(=O)[C@H](NC(=O)[C@@H]4NC(=O)[C@H](CC(N)=O)NC(=O)[C@H](NC(=O)[C@@H](CC(C)C)NC)[C@H](O)c5ccc(c(C)c5)Oc5cc4cc(c5O[C@@H]4O[C@H](CO)[C@@H](O)[C@H](O)[C@H]4O[C@H]4C[C@](C)(N)[C@H](O)[C@H](C)O4)Oc4ccc(cc4Cl)[C@H]2O)c2ccc(O)c-3c2)cc1. The first-order valence-corrected chi connectivity index (χ1v) is 41.3. The summed E-state index contributed by atoms with van der Waals surface area (Å²) in [6.07, 6.45) is -15.1. The number of aliphatic hydroxyl groups excluding tert-OH is 6. The number of halogens is 1. The van der Waals surface area contributed by atoms with Crippen molar-refractivity contribution in [3.63, 3.8) is 0 Å². The normalized spacial score (nSPS) is 30.6. The minimum absolute atomic E-state index is 0.0208. The van der Waals surface area contributed by atoms with Gasteiger partial charge in [-0.15, -0.1) is 0 Å². The number of hydrogen-bond donors (Lipinski definition) is 19. The molecule has 37 heteroatoms. The molecule has 0 spiro atoms. The Kier molecular flexibility index (Phi) is 26.2. The van der Waals surface area contributed by atoms with Gasteiger partial charge in [0.15, 0.2) is 23.9 Å². The second-order valence-corrected chi connectivity index (χ2v) is 34.0. The van der Waals surface area contributed by atoms with E-state index in [1.54, 1.807) is 19.1 Å². The minimum Gasteiger partial charge on any atom is -0.507 e. The van der Waals surface area contributed by atoms with E-state index in [-0.39, 0.29) is 81.2 Å². The molecular formula is C86H102ClN11O25. The molecule has 7 heterocycles. The van der Waals surface area contributed by atoms with E-state index >= 15 is 28.8 Å². The number of nitrogens with one attached hydrogen (secondary N) is 9. The number of phenols is 2. The van der Waals surface area contributed by atoms with Gasteiger partial charge in [0.2, 0.25) is 59.3 Å². The highest BCUT2D eigenvalue weighted by atomic mass is 35.5. The van der Waals surface area contributed by atoms with Crippen LogP contribution in [0, 0.1) is 36.5 Å². The van der Waals surface area contributed by atoms with Crippen LogP contribution in [0.2, 0.25) is 5.02 Å². The van der Waals surface area contributed by atoms with Crippen LogP contribution in [-0.4, -0.2) is 199 Å². The van der Waals surface area contributed by atoms with Gasteiger partial charge in [0.05, 0.1) is 42.9 Å². The topological polar surface area (TPSA) is 550 Å². The lowest BCUT2D eigenvalue weighted by molar-refractivity contribution is -0.333. The van der Waals surface area contributed by atoms with Crippen molar-refractivity contribution in [3.8, 4) is 62.9 Å². The summed E-state index contributed by atoms with van der Waals surface area (Å²) < 4.78 is 50.6. The maximum absolute atomic E-state index is 16.5. The fourth-order valence-corrected chi connectivity index (χ4v) is 18.4. The molecule has 17 rings (SSSR count). The molecule has 6 aromatic rings. The lowest BCUT2D eigenvalue weighted by Gasteiger charge is -2.54. The first-order chi connectivity index (χ1) is 58.5. The maximum atomic E-state index is 16.5. The van der Waals surface area contributed by atoms with Crippen LogP contribution in [0.3, 0.4) is 0 Å². The highest BCUT2D eigenvalue weighted by Crippen LogP contribution is 2.55. The van der Waals surface area contributed by atoms with Crippen LogP contribution in [0.15, 0.2) is 103 Å². The summed E-state index contributed by atoms with van der Waals surface area (Å²) in [5.74, 6) is -12.3. The monoisotopic (exact) mass is 1720 g/mol. The first-order valence-electron chi connectivity index (χ1n) is 40.9. The van der Waals surface area contributed by atoms with Crippen molar-refractivity contribution < 1.29 is 122 Å². The van der Waals surface area contributed by atoms with Gasteiger partial charge in [-0.25, -0.2) is 4.79 Å². The summed E-state index contributed by atoms with van der Waals surface area (Å²) in [6, 6.07) is 7.35. The zero-order chi connectivity index (χ0) is 88.1. The van der Waals surface area contributed by atoms with Crippen LogP contribution in [-0.2, 0) is 52.6 Å². The van der Waals surface area contributed by atoms with Crippen molar-refractivity contribution in [2.24, 2.45) is 41.1 Å². The van der Waals surface area contributed by atoms with Gasteiger partial charge in [0.1, 0.15) is 101 Å². The van der Waals surface area contributed by atoms with Crippen molar-refractivity contribution in [2.75, 3.05) is 25.6 Å². The van der Waals surface area contributed by atoms with Crippen LogP contribution < -0.4 is 83.0 Å². The standard InChI is InChI=1S/C86H102ClN11O25/c1-8-116-47-14-12-46(13-15-47)91-85(115)118-48-30-50-63(55(101)31-48)49-26-40(9-16-54(49)100)65-79(110)98-69(83(114)96-67(50)81(112)93-64-43-22-38-21-39(24-43)25-44(64)23-38)71(104)42-11-18-57(51(87)27-42)120-59-29-45-28-58(74(59)123-84-75(73(106)72(105)60(34-99)121-84)122-62-33-86(6,89)76(107)37(5)117-62)119-56-17-10-41(20-36(56)4)70(103)68(97-77(108)52(90-7)19-35(2)3)82(113)92-53(32-61(88)102)78(109)94-66(45)80(111)95-65/h9-18,20,26-31,35,37-39,43-44,52-53,60,62,64-73,75-76,84,90,99-101,103-107H,8,19,21-25,32-34,89H2,1-7H3,(H2,88,102)(H,91,115)(H,92,113)(H,93,112)(H,94,109)(H,95,111)(H,96,114)(H,97,108)(H,98,110)/t37-,38?,39?,43?,44?,52+,53-,60+,62-,64?,65+,66+,67-,68+,69-,70+,71+,72+,73-,75+,76+,84-,86-/m0/s1. The lowest BCUT2D eigenvalue weighted by Crippen LogP contribution is -2.64. The molecule has 0 unspecified atom stereocenters. The summed E-state index contributed by atoms with van der Waals surface area (Å²) in [5.41, 5.74) is 9.40. The molecule has 15 bridgehead atoms. The molecule has 6 fully saturated rings. The Balaban J connectivity index is 0.961. The number of ether oxygens (including phenoxy) is 8. The number of carbonyl (C=O) groups excluding carboxylic acids is 9. The van der Waals surface area contributed by atoms with Gasteiger partial charge in [0, 0.05) is 40.9 Å². The quantitative estimate of drug-likeness (QED) is 0.0580. The molecule has 123 heavy (non-hydrogen) atoms. The van der Waals surface area contributed by atoms with Gasteiger partial charge in [-0.2, -0.15) is 0 Å². The molecule has 9 amide bonds. The molecule has 18 atom stereocenters. The molecule has 4 saturated carbocycles. The summed E-state index contributed by atoms with van der Waals surface area (Å²) >= 11 is 7.31. The van der Waals surface area contributed by atoms with Crippen LogP contribution >= 0.6 is 11.6 Å². The van der Waals surface area contributed by atoms with Gasteiger partial charge in [-0.3, -0.25) is 43.7 Å². The number of nitrogens with two attached hydrogens (primary N) is 2. The van der Waals surface area contributed by atoms with Crippen molar-refractivity contribution in [1.29, 1.82) is 0 Å². The number of aliphatic hydroxyl groups is 6. The Morgan fingerprint density at radius 2 is 1.33 bits per heavy atom. The van der Waals surface area contributed by atoms with Crippen LogP contribution in [0.25, 0.3) is 11.1 Å². The number of phenolic OH excluding ortho intramolecular Hbond substituents is 2. The highest BCUT2D eigenvalue weighted by Gasteiger charge is 2.53. The molecule has 11 aliphatic rings. The van der Waals surface area contributed by atoms with E-state index in [9.17, 15) is 55.2 Å². The number of carbonyl (C=O) groups is 9. The number of hydrogen-bond acceptors (Lipinski definition) is 27. The minimum atomic E-state index is -2.33. The number of amides is 9. The van der Waals surface area contributed by atoms with Crippen molar-refractivity contribution >= 4 is 70.6 Å². The summed E-state index contributed by atoms with van der Waals surface area (Å²) in [6.45, 7) is 9.44. The number of benzene rings is 6. The first kappa shape index (κ1) is 88.3. The Morgan fingerprint density at radius 1 is 0.683 bits per heavy atom. The number of rotatable bonds is 18. The number of primary amides is 1. The molecule has 36 nitrogen and oxygen atoms in total. The maximum Gasteiger partial charge on any atom is 0.417 e. The van der Waals surface area contributed by atoms with E-state index < -0.39 is 232 Å². The molecule has 6 aromatic carbocycles. The molecule has 0 radical (unpaired) electrons. The second kappa shape index (κ2) is 36.4. The van der Waals surface area contributed by atoms with E-state index in [4.69, 9.17) is 61.0 Å². The summed E-state index contributed by atoms with van der Waals surface area (Å²) in [5, 5.41) is 120. The van der Waals surface area contributed by atoms with Crippen molar-refractivity contribution in [1.82, 2.24) is 42.5 Å². The van der Waals surface area contributed by atoms with Crippen LogP contribution in [0.4, 0.5) is 10.5 Å². The van der Waals surface area contributed by atoms with Crippen LogP contribution in [0.1, 0.15) is 150 Å². The zero-order valence-corrected chi connectivity index (χ0v) is 69.0. The molecule has 7 aliphatic heterocycles. The predicted molar refractivity (Wildman–Crippen MR) is 436 cm³/mol. The number of likely N-dealkylation sites (N-methyl/N-ethyl adjacent to an activating group) is 1. The fraction of sp³-hybridized carbons (Fsp3) is 0.477. The Hall–Kier alpha value is -11.0. The molecule has 0 aromatic heterocycles. The van der Waals surface area contributed by atoms with Crippen LogP contribution in [0.5, 0.6) is 51.7 Å². The van der Waals surface area contributed by atoms with E-state index in [0.29, 0.717) is 24.2 Å². The lowest BCUT2D eigenvalue weighted by atomic mass is 9.54. The van der Waals surface area contributed by atoms with Gasteiger partial charge >= 0.3 is 6.09 Å². The molecule has 4 aliphatic carbocycles. The Labute approximate surface area is 711 Å². The van der Waals surface area contributed by atoms with Crippen molar-refractivity contribution in [3.05, 3.63) is 142 Å². The van der Waals surface area contributed by atoms with Crippen molar-refractivity contribution in [2.45, 2.75) is 208 Å². The number of aromatic hydroxyl groups is 2. The van der Waals surface area contributed by atoms with E-state index in [2.05, 4.69) is 47.9 Å². The zero-order valence-electron chi connectivity index (χ0n) is 68.2. The third-order valence-electron chi connectivity index (χ3n) is 24.2. The largest absolute Gasteiger partial charge is 0.507 e. The number of aryl methyl sites for hydroxylation is 1. The molecule has 658 valence electrons. The van der Waals surface area contributed by atoms with E-state index in [1.807, 2.05) is 13.8 Å². The molecule has 21 N–H and O–H groups in total. The fourth-order valence-electron chi connectivity index (χ4n) is 18.2. The highest BCUT2D eigenvalue weighted by molar-refractivity contribution is 6.32. The van der Waals surface area contributed by atoms with Gasteiger partial charge in [-0.1, -0.05) is 43.6 Å². The average molecular weight is 1730 g/mol. The van der Waals surface area contributed by atoms with Gasteiger partial charge in [-0.05, 0) is 215 Å². The average Bonchev–Trinajstić information content (AvgIpc) is 0.755.